The number of allylic oxidation sites excluding steroid dienone is 2. The van der Waals surface area contributed by atoms with E-state index in [2.05, 4.69) is 22.6 Å². The number of sulfone groups is 1. The van der Waals surface area contributed by atoms with Crippen molar-refractivity contribution in [1.82, 2.24) is 0 Å². The Morgan fingerprint density at radius 3 is 2.35 bits per heavy atom. The summed E-state index contributed by atoms with van der Waals surface area (Å²) < 4.78 is 24.3. The number of aliphatic carboxylic acids is 1. The van der Waals surface area contributed by atoms with Crippen LogP contribution in [0.2, 0.25) is 0 Å². The number of carboxylic acids is 1. The van der Waals surface area contributed by atoms with Gasteiger partial charge in [0.25, 0.3) is 0 Å². The Morgan fingerprint density at radius 1 is 1.12 bits per heavy atom. The lowest BCUT2D eigenvalue weighted by Crippen LogP contribution is -1.97. The quantitative estimate of drug-likeness (QED) is 0.655. The molecule has 0 bridgehead atoms. The predicted molar refractivity (Wildman–Crippen MR) is 111 cm³/mol. The van der Waals surface area contributed by atoms with Crippen LogP contribution in [-0.4, -0.2) is 25.7 Å². The van der Waals surface area contributed by atoms with Crippen molar-refractivity contribution >= 4 is 55.6 Å². The number of carboxylic acid groups (broad SMARTS) is 1. The summed E-state index contributed by atoms with van der Waals surface area (Å²) in [6.07, 6.45) is 3.13. The summed E-state index contributed by atoms with van der Waals surface area (Å²) in [6.45, 7) is 1.93. The van der Waals surface area contributed by atoms with Crippen LogP contribution < -0.4 is 0 Å². The first-order valence-corrected chi connectivity index (χ1v) is 10.9. The second-order valence-corrected chi connectivity index (χ2v) is 9.52. The van der Waals surface area contributed by atoms with Gasteiger partial charge in [0.1, 0.15) is 0 Å². The molecular formula is C20H17IO4S. The van der Waals surface area contributed by atoms with Gasteiger partial charge in [-0.3, -0.25) is 4.79 Å². The van der Waals surface area contributed by atoms with Gasteiger partial charge in [-0.05, 0) is 93.3 Å². The molecule has 2 aromatic rings. The van der Waals surface area contributed by atoms with Crippen molar-refractivity contribution in [2.75, 3.05) is 6.26 Å². The molecule has 6 heteroatoms. The molecule has 0 saturated heterocycles. The Bertz CT molecular complexity index is 1060. The van der Waals surface area contributed by atoms with Crippen molar-refractivity contribution in [2.24, 2.45) is 0 Å². The zero-order valence-corrected chi connectivity index (χ0v) is 17.3. The number of halogens is 1. The van der Waals surface area contributed by atoms with Crippen molar-refractivity contribution < 1.29 is 18.3 Å². The fourth-order valence-electron chi connectivity index (χ4n) is 3.11. The molecule has 1 aliphatic carbocycles. The van der Waals surface area contributed by atoms with Crippen LogP contribution in [0.25, 0.3) is 17.2 Å². The first kappa shape index (κ1) is 18.8. The molecule has 0 fully saturated rings. The fourth-order valence-corrected chi connectivity index (χ4v) is 4.23. The Balaban J connectivity index is 2.11. The topological polar surface area (TPSA) is 71.4 Å². The van der Waals surface area contributed by atoms with E-state index >= 15 is 0 Å². The van der Waals surface area contributed by atoms with Crippen LogP contribution in [0.15, 0.2) is 52.9 Å². The highest BCUT2D eigenvalue weighted by atomic mass is 127. The number of hydrogen-bond donors (Lipinski definition) is 1. The van der Waals surface area contributed by atoms with E-state index in [1.54, 1.807) is 24.3 Å². The van der Waals surface area contributed by atoms with E-state index in [9.17, 15) is 18.3 Å². The monoisotopic (exact) mass is 480 g/mol. The van der Waals surface area contributed by atoms with E-state index in [0.717, 1.165) is 37.0 Å². The highest BCUT2D eigenvalue weighted by Crippen LogP contribution is 2.44. The first-order valence-electron chi connectivity index (χ1n) is 7.91. The standard InChI is InChI=1S/C20H17IO4S/c1-12-17(9-13-3-6-15(7-4-13)26(2,24)25)16-8-5-14(21)10-19(16)18(12)11-20(22)23/h3-10H,11H2,1-2H3,(H,22,23)/b17-9+. The maximum Gasteiger partial charge on any atom is 0.307 e. The molecule has 0 amide bonds. The van der Waals surface area contributed by atoms with Crippen molar-refractivity contribution in [3.05, 3.63) is 68.3 Å². The van der Waals surface area contributed by atoms with Crippen LogP contribution in [0.5, 0.6) is 0 Å². The maximum atomic E-state index is 11.6. The molecular weight excluding hydrogens is 463 g/mol. The predicted octanol–water partition coefficient (Wildman–Crippen LogP) is 4.50. The summed E-state index contributed by atoms with van der Waals surface area (Å²) in [5.74, 6) is -0.858. The number of benzene rings is 2. The molecule has 1 aliphatic rings. The Labute approximate surface area is 166 Å². The van der Waals surface area contributed by atoms with E-state index in [0.29, 0.717) is 0 Å². The number of fused-ring (bicyclic) bond motifs is 1. The van der Waals surface area contributed by atoms with Gasteiger partial charge >= 0.3 is 5.97 Å². The lowest BCUT2D eigenvalue weighted by atomic mass is 10.0. The highest BCUT2D eigenvalue weighted by molar-refractivity contribution is 14.1. The van der Waals surface area contributed by atoms with Gasteiger partial charge in [-0.25, -0.2) is 8.42 Å². The van der Waals surface area contributed by atoms with Crippen molar-refractivity contribution in [3.63, 3.8) is 0 Å². The van der Waals surface area contributed by atoms with E-state index in [1.165, 1.54) is 6.26 Å². The fraction of sp³-hybridized carbons (Fsp3) is 0.150. The van der Waals surface area contributed by atoms with Gasteiger partial charge in [-0.1, -0.05) is 18.2 Å². The largest absolute Gasteiger partial charge is 0.481 e. The maximum absolute atomic E-state index is 11.6. The molecule has 134 valence electrons. The van der Waals surface area contributed by atoms with Gasteiger partial charge in [0.2, 0.25) is 0 Å². The Hall–Kier alpha value is -1.93. The zero-order valence-electron chi connectivity index (χ0n) is 14.3. The molecule has 0 atom stereocenters. The van der Waals surface area contributed by atoms with Gasteiger partial charge < -0.3 is 5.11 Å². The van der Waals surface area contributed by atoms with Gasteiger partial charge in [-0.15, -0.1) is 0 Å². The summed E-state index contributed by atoms with van der Waals surface area (Å²) in [7, 11) is -3.23. The molecule has 4 nitrogen and oxygen atoms in total. The molecule has 0 spiro atoms. The number of carbonyl (C=O) groups is 1. The second-order valence-electron chi connectivity index (χ2n) is 6.26. The lowest BCUT2D eigenvalue weighted by Gasteiger charge is -2.05. The molecule has 1 N–H and O–H groups in total. The number of hydrogen-bond acceptors (Lipinski definition) is 3. The van der Waals surface area contributed by atoms with Crippen LogP contribution in [0.4, 0.5) is 0 Å². The summed E-state index contributed by atoms with van der Waals surface area (Å²) in [6, 6.07) is 12.7. The van der Waals surface area contributed by atoms with E-state index < -0.39 is 15.8 Å². The molecule has 0 unspecified atom stereocenters. The van der Waals surface area contributed by atoms with E-state index in [-0.39, 0.29) is 11.3 Å². The van der Waals surface area contributed by atoms with Gasteiger partial charge in [0, 0.05) is 9.83 Å². The minimum atomic E-state index is -3.23. The Morgan fingerprint density at radius 2 is 1.77 bits per heavy atom. The third-order valence-corrected chi connectivity index (χ3v) is 6.20. The molecule has 0 heterocycles. The van der Waals surface area contributed by atoms with Gasteiger partial charge in [0.05, 0.1) is 11.3 Å². The van der Waals surface area contributed by atoms with Crippen molar-refractivity contribution in [3.8, 4) is 0 Å². The average molecular weight is 480 g/mol. The van der Waals surface area contributed by atoms with Gasteiger partial charge in [-0.2, -0.15) is 0 Å². The SMILES string of the molecule is CC1=C(CC(=O)O)c2cc(I)ccc2/C1=C/c1ccc(S(C)(=O)=O)cc1. The van der Waals surface area contributed by atoms with E-state index in [1.807, 2.05) is 31.2 Å². The first-order chi connectivity index (χ1) is 12.2. The summed E-state index contributed by atoms with van der Waals surface area (Å²) in [5, 5.41) is 9.26. The normalized spacial score (nSPS) is 15.4. The smallest absolute Gasteiger partial charge is 0.307 e. The number of rotatable bonds is 4. The van der Waals surface area contributed by atoms with Crippen LogP contribution in [0, 0.1) is 3.57 Å². The molecule has 0 radical (unpaired) electrons. The van der Waals surface area contributed by atoms with Crippen LogP contribution in [0.3, 0.4) is 0 Å². The van der Waals surface area contributed by atoms with Crippen LogP contribution in [-0.2, 0) is 14.6 Å². The second kappa shape index (κ2) is 7.00. The van der Waals surface area contributed by atoms with Gasteiger partial charge in [0.15, 0.2) is 9.84 Å². The average Bonchev–Trinajstić information content (AvgIpc) is 2.79. The highest BCUT2D eigenvalue weighted by Gasteiger charge is 2.25. The van der Waals surface area contributed by atoms with Crippen molar-refractivity contribution in [2.45, 2.75) is 18.2 Å². The molecule has 0 aliphatic heterocycles. The van der Waals surface area contributed by atoms with Crippen molar-refractivity contribution in [1.29, 1.82) is 0 Å². The minimum Gasteiger partial charge on any atom is -0.481 e. The third-order valence-electron chi connectivity index (χ3n) is 4.40. The molecule has 26 heavy (non-hydrogen) atoms. The molecule has 2 aromatic carbocycles. The summed E-state index contributed by atoms with van der Waals surface area (Å²) >= 11 is 2.22. The lowest BCUT2D eigenvalue weighted by molar-refractivity contribution is -0.135. The third kappa shape index (κ3) is 3.76. The minimum absolute atomic E-state index is 0.0245. The van der Waals surface area contributed by atoms with Crippen LogP contribution in [0.1, 0.15) is 30.0 Å². The molecule has 0 saturated carbocycles. The molecule has 0 aromatic heterocycles. The summed E-state index contributed by atoms with van der Waals surface area (Å²) in [4.78, 5) is 11.6. The zero-order chi connectivity index (χ0) is 19.1. The summed E-state index contributed by atoms with van der Waals surface area (Å²) in [5.41, 5.74) is 5.57. The van der Waals surface area contributed by atoms with Crippen LogP contribution >= 0.6 is 22.6 Å². The van der Waals surface area contributed by atoms with E-state index in [4.69, 9.17) is 0 Å². The Kier molecular flexibility index (Phi) is 5.07. The molecule has 3 rings (SSSR count).